The maximum absolute atomic E-state index is 13.4. The Kier molecular flexibility index (Phi) is 5.47. The van der Waals surface area contributed by atoms with Gasteiger partial charge in [-0.3, -0.25) is 14.9 Å². The molecule has 2 aromatic carbocycles. The molecule has 1 heterocycles. The Hall–Kier alpha value is -2.96. The number of aryl methyl sites for hydroxylation is 1. The Bertz CT molecular complexity index is 1070. The molecule has 6 heteroatoms. The van der Waals surface area contributed by atoms with E-state index in [2.05, 4.69) is 29.1 Å². The number of hydroxylamine groups is 1. The third kappa shape index (κ3) is 4.09. The number of halogens is 1. The zero-order chi connectivity index (χ0) is 20.4. The molecule has 1 aromatic heterocycles. The van der Waals surface area contributed by atoms with Crippen LogP contribution in [0.15, 0.2) is 48.7 Å². The van der Waals surface area contributed by atoms with Gasteiger partial charge in [0.2, 0.25) is 0 Å². The summed E-state index contributed by atoms with van der Waals surface area (Å²) in [5.74, 6) is -0.764. The first-order valence-electron chi connectivity index (χ1n) is 9.76. The molecule has 5 nitrogen and oxygen atoms in total. The first-order chi connectivity index (χ1) is 14.0. The van der Waals surface area contributed by atoms with Gasteiger partial charge in [-0.05, 0) is 72.8 Å². The van der Waals surface area contributed by atoms with Crippen molar-refractivity contribution < 1.29 is 14.4 Å². The molecule has 1 aliphatic carbocycles. The maximum atomic E-state index is 13.4. The molecule has 3 N–H and O–H groups in total. The van der Waals surface area contributed by atoms with Crippen LogP contribution in [0.1, 0.15) is 34.7 Å². The molecule has 1 unspecified atom stereocenters. The smallest absolute Gasteiger partial charge is 0.267 e. The molecule has 150 valence electrons. The van der Waals surface area contributed by atoms with Crippen LogP contribution in [0.3, 0.4) is 0 Å². The number of hydrogen-bond acceptors (Lipinski definition) is 3. The molecule has 0 radical (unpaired) electrons. The average molecular weight is 393 g/mol. The van der Waals surface area contributed by atoms with Gasteiger partial charge in [0.05, 0.1) is 0 Å². The Morgan fingerprint density at radius 1 is 1.34 bits per heavy atom. The highest BCUT2D eigenvalue weighted by Crippen LogP contribution is 2.36. The molecule has 1 aliphatic rings. The zero-order valence-corrected chi connectivity index (χ0v) is 16.3. The summed E-state index contributed by atoms with van der Waals surface area (Å²) in [6.45, 7) is 0.909. The van der Waals surface area contributed by atoms with E-state index in [-0.39, 0.29) is 5.82 Å². The van der Waals surface area contributed by atoms with Gasteiger partial charge in [-0.15, -0.1) is 0 Å². The fourth-order valence-electron chi connectivity index (χ4n) is 4.20. The summed E-state index contributed by atoms with van der Waals surface area (Å²) >= 11 is 0. The minimum absolute atomic E-state index is 0.225. The lowest BCUT2D eigenvalue weighted by atomic mass is 10.0. The molecular weight excluding hydrogens is 369 g/mol. The topological polar surface area (TPSA) is 68.4 Å². The van der Waals surface area contributed by atoms with E-state index < -0.39 is 5.91 Å². The Labute approximate surface area is 168 Å². The summed E-state index contributed by atoms with van der Waals surface area (Å²) in [5.41, 5.74) is 7.21. The number of nitrogens with zero attached hydrogens (tertiary/aromatic N) is 1. The predicted molar refractivity (Wildman–Crippen MR) is 111 cm³/mol. The Morgan fingerprint density at radius 2 is 2.21 bits per heavy atom. The number of carbonyl (C=O) groups is 1. The largest absolute Gasteiger partial charge is 0.361 e. The van der Waals surface area contributed by atoms with Crippen molar-refractivity contribution in [3.8, 4) is 0 Å². The summed E-state index contributed by atoms with van der Waals surface area (Å²) in [6, 6.07) is 11.5. The average Bonchev–Trinajstić information content (AvgIpc) is 3.33. The van der Waals surface area contributed by atoms with Gasteiger partial charge in [-0.1, -0.05) is 18.2 Å². The van der Waals surface area contributed by atoms with Crippen LogP contribution in [0.4, 0.5) is 4.39 Å². The van der Waals surface area contributed by atoms with E-state index in [9.17, 15) is 9.18 Å². The molecule has 0 fully saturated rings. The second-order valence-electron chi connectivity index (χ2n) is 7.56. The van der Waals surface area contributed by atoms with E-state index in [4.69, 9.17) is 5.21 Å². The van der Waals surface area contributed by atoms with Crippen molar-refractivity contribution in [3.63, 3.8) is 0 Å². The highest BCUT2D eigenvalue weighted by molar-refractivity contribution is 5.90. The summed E-state index contributed by atoms with van der Waals surface area (Å²) < 4.78 is 13.4. The minimum atomic E-state index is -0.539. The molecule has 1 amide bonds. The minimum Gasteiger partial charge on any atom is -0.361 e. The molecule has 0 aliphatic heterocycles. The predicted octanol–water partition coefficient (Wildman–Crippen LogP) is 3.99. The molecule has 29 heavy (non-hydrogen) atoms. The highest BCUT2D eigenvalue weighted by Gasteiger charge is 2.25. The molecule has 0 saturated heterocycles. The van der Waals surface area contributed by atoms with Crippen LogP contribution in [0.2, 0.25) is 0 Å². The van der Waals surface area contributed by atoms with Gasteiger partial charge in [-0.25, -0.2) is 9.87 Å². The number of H-pyrrole nitrogens is 1. The van der Waals surface area contributed by atoms with Crippen LogP contribution in [0.5, 0.6) is 0 Å². The fraction of sp³-hybridized carbons (Fsp3) is 0.261. The number of rotatable bonds is 6. The van der Waals surface area contributed by atoms with E-state index in [0.717, 1.165) is 42.3 Å². The van der Waals surface area contributed by atoms with E-state index >= 15 is 0 Å². The lowest BCUT2D eigenvalue weighted by Gasteiger charge is -2.25. The zero-order valence-electron chi connectivity index (χ0n) is 16.3. The third-order valence-corrected chi connectivity index (χ3v) is 5.75. The number of aromatic amines is 1. The van der Waals surface area contributed by atoms with Gasteiger partial charge in [0.25, 0.3) is 5.91 Å². The molecule has 1 atom stereocenters. The second kappa shape index (κ2) is 8.19. The van der Waals surface area contributed by atoms with Gasteiger partial charge < -0.3 is 4.98 Å². The summed E-state index contributed by atoms with van der Waals surface area (Å²) in [4.78, 5) is 16.7. The monoisotopic (exact) mass is 393 g/mol. The first kappa shape index (κ1) is 19.4. The number of hydrogen-bond donors (Lipinski definition) is 3. The first-order valence-corrected chi connectivity index (χ1v) is 9.76. The summed E-state index contributed by atoms with van der Waals surface area (Å²) in [6.07, 6.45) is 7.95. The number of nitrogens with one attached hydrogen (secondary N) is 2. The van der Waals surface area contributed by atoms with Gasteiger partial charge in [0.1, 0.15) is 5.82 Å². The number of likely N-dealkylation sites (N-methyl/N-ethyl adjacent to an activating group) is 1. The van der Waals surface area contributed by atoms with Crippen LogP contribution < -0.4 is 5.48 Å². The van der Waals surface area contributed by atoms with Crippen molar-refractivity contribution in [3.05, 3.63) is 76.7 Å². The van der Waals surface area contributed by atoms with Crippen LogP contribution in [0.25, 0.3) is 17.0 Å². The van der Waals surface area contributed by atoms with Gasteiger partial charge in [0.15, 0.2) is 0 Å². The molecule has 3 aromatic rings. The van der Waals surface area contributed by atoms with Crippen LogP contribution in [0, 0.1) is 5.82 Å². The van der Waals surface area contributed by atoms with E-state index in [0.29, 0.717) is 6.04 Å². The number of aromatic nitrogens is 1. The SMILES string of the molecule is CN(CCc1c[nH]c2cc(F)ccc12)C1CCc2cc(C=CC(=O)NO)ccc21. The molecule has 0 spiro atoms. The van der Waals surface area contributed by atoms with Crippen LogP contribution in [-0.4, -0.2) is 34.6 Å². The Morgan fingerprint density at radius 3 is 3.03 bits per heavy atom. The lowest BCUT2D eigenvalue weighted by molar-refractivity contribution is -0.124. The van der Waals surface area contributed by atoms with Crippen molar-refractivity contribution >= 4 is 22.9 Å². The number of carbonyl (C=O) groups excluding carboxylic acids is 1. The van der Waals surface area contributed by atoms with E-state index in [1.807, 2.05) is 18.3 Å². The summed E-state index contributed by atoms with van der Waals surface area (Å²) in [5, 5.41) is 9.66. The van der Waals surface area contributed by atoms with E-state index in [1.54, 1.807) is 11.6 Å². The normalized spacial score (nSPS) is 16.1. The van der Waals surface area contributed by atoms with Crippen molar-refractivity contribution in [2.24, 2.45) is 0 Å². The van der Waals surface area contributed by atoms with Gasteiger partial charge in [-0.2, -0.15) is 0 Å². The lowest BCUT2D eigenvalue weighted by Crippen LogP contribution is -2.25. The molecule has 0 saturated carbocycles. The van der Waals surface area contributed by atoms with Crippen LogP contribution in [-0.2, 0) is 17.6 Å². The second-order valence-corrected chi connectivity index (χ2v) is 7.56. The van der Waals surface area contributed by atoms with Crippen molar-refractivity contribution in [1.82, 2.24) is 15.4 Å². The van der Waals surface area contributed by atoms with Crippen molar-refractivity contribution in [2.45, 2.75) is 25.3 Å². The summed E-state index contributed by atoms with van der Waals surface area (Å²) in [7, 11) is 2.15. The third-order valence-electron chi connectivity index (χ3n) is 5.75. The van der Waals surface area contributed by atoms with E-state index in [1.165, 1.54) is 34.9 Å². The molecular formula is C23H24FN3O2. The molecule has 4 rings (SSSR count). The standard InChI is InChI=1S/C23H24FN3O2/c1-27(11-10-17-14-25-21-13-18(24)5-7-19(17)21)22-8-4-16-12-15(2-6-20(16)22)3-9-23(28)26-29/h2-3,5-7,9,12-14,22,25,29H,4,8,10-11H2,1H3,(H,26,28). The van der Waals surface area contributed by atoms with Gasteiger partial charge in [0, 0.05) is 35.8 Å². The van der Waals surface area contributed by atoms with Gasteiger partial charge >= 0.3 is 0 Å². The highest BCUT2D eigenvalue weighted by atomic mass is 19.1. The van der Waals surface area contributed by atoms with Crippen molar-refractivity contribution in [1.29, 1.82) is 0 Å². The quantitative estimate of drug-likeness (QED) is 0.337. The number of benzene rings is 2. The van der Waals surface area contributed by atoms with Crippen molar-refractivity contribution in [2.75, 3.05) is 13.6 Å². The number of fused-ring (bicyclic) bond motifs is 2. The van der Waals surface area contributed by atoms with Crippen LogP contribution >= 0.6 is 0 Å². The number of amides is 1. The molecule has 0 bridgehead atoms. The fourth-order valence-corrected chi connectivity index (χ4v) is 4.20. The Balaban J connectivity index is 1.43. The maximum Gasteiger partial charge on any atom is 0.267 e.